The molecule has 0 aliphatic carbocycles. The molecule has 2 atom stereocenters. The van der Waals surface area contributed by atoms with Gasteiger partial charge < -0.3 is 15.3 Å². The molecule has 0 aromatic heterocycles. The molecule has 0 saturated carbocycles. The topological polar surface area (TPSA) is 69.6 Å². The van der Waals surface area contributed by atoms with Crippen molar-refractivity contribution in [2.45, 2.75) is 45.6 Å². The fourth-order valence-corrected chi connectivity index (χ4v) is 2.65. The summed E-state index contributed by atoms with van der Waals surface area (Å²) < 4.78 is 0. The number of nitrogens with zero attached hydrogens (tertiary/aromatic N) is 1. The summed E-state index contributed by atoms with van der Waals surface area (Å²) in [6.45, 7) is 4.69. The molecule has 0 heterocycles. The number of carboxylic acid groups (broad SMARTS) is 1. The van der Waals surface area contributed by atoms with Gasteiger partial charge in [-0.1, -0.05) is 13.3 Å². The van der Waals surface area contributed by atoms with Crippen LogP contribution in [-0.4, -0.2) is 53.6 Å². The molecule has 0 aliphatic rings. The second-order valence-corrected chi connectivity index (χ2v) is 6.05. The molecule has 118 valence electrons. The summed E-state index contributed by atoms with van der Waals surface area (Å²) >= 11 is 1.72. The van der Waals surface area contributed by atoms with Crippen LogP contribution in [0.3, 0.4) is 0 Å². The van der Waals surface area contributed by atoms with Crippen molar-refractivity contribution >= 4 is 23.8 Å². The minimum Gasteiger partial charge on any atom is -0.481 e. The Kier molecular flexibility index (Phi) is 10.3. The van der Waals surface area contributed by atoms with Crippen molar-refractivity contribution in [1.82, 2.24) is 10.2 Å². The lowest BCUT2D eigenvalue weighted by molar-refractivity contribution is -0.137. The molecule has 2 amide bonds. The lowest BCUT2D eigenvalue weighted by Gasteiger charge is -2.25. The quantitative estimate of drug-likeness (QED) is 0.651. The molecule has 20 heavy (non-hydrogen) atoms. The molecule has 0 spiro atoms. The average Bonchev–Trinajstić information content (AvgIpc) is 2.41. The monoisotopic (exact) mass is 304 g/mol. The van der Waals surface area contributed by atoms with Crippen LogP contribution in [0.25, 0.3) is 0 Å². The number of nitrogens with one attached hydrogen (secondary N) is 1. The second kappa shape index (κ2) is 10.8. The molecule has 0 radical (unpaired) electrons. The van der Waals surface area contributed by atoms with Crippen molar-refractivity contribution in [1.29, 1.82) is 0 Å². The number of hydrogen-bond donors (Lipinski definition) is 2. The zero-order valence-corrected chi connectivity index (χ0v) is 13.8. The second-order valence-electron chi connectivity index (χ2n) is 5.14. The Labute approximate surface area is 126 Å². The molecular formula is C14H28N2O3S. The van der Waals surface area contributed by atoms with Crippen molar-refractivity contribution < 1.29 is 14.7 Å². The summed E-state index contributed by atoms with van der Waals surface area (Å²) in [6, 6.07) is 0.152. The third-order valence-electron chi connectivity index (χ3n) is 3.56. The predicted octanol–water partition coefficient (Wildman–Crippen LogP) is 2.66. The van der Waals surface area contributed by atoms with Gasteiger partial charge in [-0.05, 0) is 31.9 Å². The molecule has 0 aromatic rings. The first-order valence-electron chi connectivity index (χ1n) is 7.13. The Morgan fingerprint density at radius 2 is 2.00 bits per heavy atom. The van der Waals surface area contributed by atoms with Gasteiger partial charge in [-0.25, -0.2) is 4.79 Å². The number of carbonyl (C=O) groups is 2. The van der Waals surface area contributed by atoms with Crippen molar-refractivity contribution in [2.24, 2.45) is 5.92 Å². The van der Waals surface area contributed by atoms with Crippen LogP contribution in [0.5, 0.6) is 0 Å². The summed E-state index contributed by atoms with van der Waals surface area (Å²) in [5, 5.41) is 11.6. The van der Waals surface area contributed by atoms with E-state index in [1.165, 1.54) is 0 Å². The van der Waals surface area contributed by atoms with Gasteiger partial charge in [0.25, 0.3) is 0 Å². The van der Waals surface area contributed by atoms with Crippen LogP contribution in [0, 0.1) is 5.92 Å². The molecule has 2 N–H and O–H groups in total. The Balaban J connectivity index is 3.96. The minimum atomic E-state index is -0.752. The van der Waals surface area contributed by atoms with Gasteiger partial charge in [-0.2, -0.15) is 11.8 Å². The van der Waals surface area contributed by atoms with E-state index in [9.17, 15) is 9.59 Å². The summed E-state index contributed by atoms with van der Waals surface area (Å²) in [6.07, 6.45) is 4.69. The summed E-state index contributed by atoms with van der Waals surface area (Å²) in [5.41, 5.74) is 0. The number of rotatable bonds is 10. The largest absolute Gasteiger partial charge is 0.481 e. The van der Waals surface area contributed by atoms with E-state index in [-0.39, 0.29) is 18.5 Å². The highest BCUT2D eigenvalue weighted by Crippen LogP contribution is 2.14. The number of carboxylic acids is 1. The van der Waals surface area contributed by atoms with Gasteiger partial charge >= 0.3 is 12.0 Å². The maximum atomic E-state index is 11.9. The van der Waals surface area contributed by atoms with E-state index in [1.54, 1.807) is 23.7 Å². The van der Waals surface area contributed by atoms with Crippen LogP contribution >= 0.6 is 11.8 Å². The Morgan fingerprint density at radius 1 is 1.35 bits per heavy atom. The highest BCUT2D eigenvalue weighted by molar-refractivity contribution is 7.98. The zero-order valence-electron chi connectivity index (χ0n) is 13.0. The van der Waals surface area contributed by atoms with E-state index in [1.807, 2.05) is 13.2 Å². The van der Waals surface area contributed by atoms with Gasteiger partial charge in [0.1, 0.15) is 0 Å². The van der Waals surface area contributed by atoms with Gasteiger partial charge in [-0.3, -0.25) is 4.79 Å². The number of carbonyl (C=O) groups excluding carboxylic acids is 1. The first-order chi connectivity index (χ1) is 9.42. The molecule has 0 rings (SSSR count). The average molecular weight is 304 g/mol. The van der Waals surface area contributed by atoms with Crippen molar-refractivity contribution in [3.63, 3.8) is 0 Å². The fraction of sp³-hybridized carbons (Fsp3) is 0.857. The predicted molar refractivity (Wildman–Crippen MR) is 84.3 cm³/mol. The van der Waals surface area contributed by atoms with E-state index in [2.05, 4.69) is 12.2 Å². The van der Waals surface area contributed by atoms with E-state index in [0.717, 1.165) is 18.6 Å². The van der Waals surface area contributed by atoms with Gasteiger partial charge in [0, 0.05) is 31.8 Å². The van der Waals surface area contributed by atoms with E-state index >= 15 is 0 Å². The number of aliphatic carboxylic acids is 1. The molecule has 0 fully saturated rings. The van der Waals surface area contributed by atoms with E-state index in [4.69, 9.17) is 5.11 Å². The van der Waals surface area contributed by atoms with Gasteiger partial charge in [-0.15, -0.1) is 0 Å². The number of hydrogen-bond acceptors (Lipinski definition) is 3. The van der Waals surface area contributed by atoms with E-state index in [0.29, 0.717) is 18.9 Å². The number of urea groups is 1. The van der Waals surface area contributed by atoms with Crippen LogP contribution in [0.1, 0.15) is 39.5 Å². The lowest BCUT2D eigenvalue weighted by atomic mass is 9.97. The Morgan fingerprint density at radius 3 is 2.50 bits per heavy atom. The molecule has 0 aliphatic heterocycles. The third-order valence-corrected chi connectivity index (χ3v) is 4.38. The SMILES string of the molecule is CCC(CCNC(=O)N(C)C(C)CSC)CCC(=O)O. The number of amides is 2. The Bertz CT molecular complexity index is 300. The van der Waals surface area contributed by atoms with Crippen LogP contribution in [0.4, 0.5) is 4.79 Å². The molecule has 0 aromatic carbocycles. The maximum Gasteiger partial charge on any atom is 0.317 e. The maximum absolute atomic E-state index is 11.9. The van der Waals surface area contributed by atoms with Gasteiger partial charge in [0.15, 0.2) is 0 Å². The first-order valence-corrected chi connectivity index (χ1v) is 8.53. The van der Waals surface area contributed by atoms with Crippen LogP contribution in [0.2, 0.25) is 0 Å². The van der Waals surface area contributed by atoms with Gasteiger partial charge in [0.2, 0.25) is 0 Å². The normalized spacial score (nSPS) is 13.6. The van der Waals surface area contributed by atoms with Crippen molar-refractivity contribution in [3.8, 4) is 0 Å². The summed E-state index contributed by atoms with van der Waals surface area (Å²) in [5.74, 6) is 0.526. The highest BCUT2D eigenvalue weighted by Gasteiger charge is 2.15. The lowest BCUT2D eigenvalue weighted by Crippen LogP contribution is -2.43. The summed E-state index contributed by atoms with van der Waals surface area (Å²) in [7, 11) is 1.80. The standard InChI is InChI=1S/C14H28N2O3S/c1-5-12(6-7-13(17)18)8-9-15-14(19)16(3)11(2)10-20-4/h11-12H,5-10H2,1-4H3,(H,15,19)(H,17,18). The molecule has 0 bridgehead atoms. The summed E-state index contributed by atoms with van der Waals surface area (Å²) in [4.78, 5) is 24.2. The zero-order chi connectivity index (χ0) is 15.5. The van der Waals surface area contributed by atoms with Crippen LogP contribution in [0.15, 0.2) is 0 Å². The highest BCUT2D eigenvalue weighted by atomic mass is 32.2. The molecule has 2 unspecified atom stereocenters. The minimum absolute atomic E-state index is 0.0559. The van der Waals surface area contributed by atoms with Crippen molar-refractivity contribution in [3.05, 3.63) is 0 Å². The first kappa shape index (κ1) is 19.1. The molecule has 6 heteroatoms. The van der Waals surface area contributed by atoms with Crippen molar-refractivity contribution in [2.75, 3.05) is 25.6 Å². The molecule has 0 saturated heterocycles. The number of thioether (sulfide) groups is 1. The van der Waals surface area contributed by atoms with Crippen LogP contribution in [-0.2, 0) is 4.79 Å². The Hall–Kier alpha value is -0.910. The fourth-order valence-electron chi connectivity index (χ4n) is 1.94. The van der Waals surface area contributed by atoms with Crippen LogP contribution < -0.4 is 5.32 Å². The smallest absolute Gasteiger partial charge is 0.317 e. The molecule has 5 nitrogen and oxygen atoms in total. The van der Waals surface area contributed by atoms with E-state index < -0.39 is 5.97 Å². The molecular weight excluding hydrogens is 276 g/mol. The van der Waals surface area contributed by atoms with Gasteiger partial charge in [0.05, 0.1) is 0 Å². The third kappa shape index (κ3) is 8.30.